The predicted octanol–water partition coefficient (Wildman–Crippen LogP) is 1.49. The second-order valence-corrected chi connectivity index (χ2v) is 5.45. The maximum absolute atomic E-state index is 11.8. The molecule has 0 spiro atoms. The third kappa shape index (κ3) is 2.79. The van der Waals surface area contributed by atoms with Crippen molar-refractivity contribution in [3.63, 3.8) is 0 Å². The molecule has 0 aromatic carbocycles. The van der Waals surface area contributed by atoms with Gasteiger partial charge < -0.3 is 10.1 Å². The van der Waals surface area contributed by atoms with Gasteiger partial charge in [-0.2, -0.15) is 0 Å². The van der Waals surface area contributed by atoms with Gasteiger partial charge in [0.15, 0.2) is 0 Å². The maximum Gasteiger partial charge on any atom is 0.328 e. The van der Waals surface area contributed by atoms with E-state index in [4.69, 9.17) is 0 Å². The molecule has 1 amide bonds. The van der Waals surface area contributed by atoms with Crippen LogP contribution >= 0.6 is 0 Å². The van der Waals surface area contributed by atoms with Crippen molar-refractivity contribution >= 4 is 11.9 Å². The van der Waals surface area contributed by atoms with E-state index in [2.05, 4.69) is 10.1 Å². The number of esters is 1. The molecule has 2 aliphatic rings. The topological polar surface area (TPSA) is 55.4 Å². The number of hydrogen-bond donors (Lipinski definition) is 1. The first-order chi connectivity index (χ1) is 8.10. The van der Waals surface area contributed by atoms with Gasteiger partial charge in [-0.25, -0.2) is 4.79 Å². The maximum atomic E-state index is 11.8. The van der Waals surface area contributed by atoms with Crippen molar-refractivity contribution < 1.29 is 14.3 Å². The summed E-state index contributed by atoms with van der Waals surface area (Å²) in [6, 6.07) is -0.536. The number of carbonyl (C=O) groups is 2. The number of amides is 1. The molecule has 2 bridgehead atoms. The average molecular weight is 239 g/mol. The van der Waals surface area contributed by atoms with E-state index in [1.54, 1.807) is 6.92 Å². The Morgan fingerprint density at radius 2 is 2.12 bits per heavy atom. The first-order valence-corrected chi connectivity index (χ1v) is 6.47. The molecule has 0 radical (unpaired) electrons. The number of nitrogens with one attached hydrogen (secondary N) is 1. The van der Waals surface area contributed by atoms with Crippen LogP contribution in [0.4, 0.5) is 0 Å². The second-order valence-electron chi connectivity index (χ2n) is 5.45. The normalized spacial score (nSPS) is 32.2. The molecule has 4 atom stereocenters. The fraction of sp³-hybridized carbons (Fsp3) is 0.846. The van der Waals surface area contributed by atoms with Crippen LogP contribution in [0.15, 0.2) is 0 Å². The number of hydrogen-bond acceptors (Lipinski definition) is 3. The quantitative estimate of drug-likeness (QED) is 0.756. The van der Waals surface area contributed by atoms with E-state index < -0.39 is 6.04 Å². The fourth-order valence-electron chi connectivity index (χ4n) is 3.40. The highest BCUT2D eigenvalue weighted by atomic mass is 16.5. The van der Waals surface area contributed by atoms with Gasteiger partial charge in [0.2, 0.25) is 5.91 Å². The molecular weight excluding hydrogens is 218 g/mol. The molecule has 2 aliphatic carbocycles. The summed E-state index contributed by atoms with van der Waals surface area (Å²) >= 11 is 0. The summed E-state index contributed by atoms with van der Waals surface area (Å²) in [6.07, 6.45) is 5.72. The van der Waals surface area contributed by atoms with Crippen LogP contribution in [0.2, 0.25) is 0 Å². The van der Waals surface area contributed by atoms with Crippen LogP contribution in [0.25, 0.3) is 0 Å². The van der Waals surface area contributed by atoms with E-state index in [1.165, 1.54) is 32.8 Å². The smallest absolute Gasteiger partial charge is 0.328 e. The minimum atomic E-state index is -0.536. The molecule has 4 heteroatoms. The van der Waals surface area contributed by atoms with E-state index in [0.717, 1.165) is 11.8 Å². The van der Waals surface area contributed by atoms with Gasteiger partial charge in [-0.1, -0.05) is 6.42 Å². The summed E-state index contributed by atoms with van der Waals surface area (Å²) in [5, 5.41) is 2.70. The summed E-state index contributed by atoms with van der Waals surface area (Å²) in [5.74, 6) is 1.75. The highest BCUT2D eigenvalue weighted by Crippen LogP contribution is 2.49. The molecule has 1 N–H and O–H groups in total. The van der Waals surface area contributed by atoms with Crippen molar-refractivity contribution in [2.75, 3.05) is 7.11 Å². The zero-order chi connectivity index (χ0) is 12.4. The van der Waals surface area contributed by atoms with Crippen LogP contribution in [0.1, 0.15) is 39.0 Å². The number of fused-ring (bicyclic) bond motifs is 2. The molecule has 0 aliphatic heterocycles. The van der Waals surface area contributed by atoms with Gasteiger partial charge in [0.25, 0.3) is 0 Å². The Labute approximate surface area is 102 Å². The van der Waals surface area contributed by atoms with E-state index in [9.17, 15) is 9.59 Å². The van der Waals surface area contributed by atoms with Crippen LogP contribution in [0, 0.1) is 17.8 Å². The van der Waals surface area contributed by atoms with Crippen molar-refractivity contribution in [3.05, 3.63) is 0 Å². The van der Waals surface area contributed by atoms with Crippen LogP contribution in [-0.4, -0.2) is 25.0 Å². The van der Waals surface area contributed by atoms with Gasteiger partial charge in [-0.05, 0) is 43.9 Å². The first kappa shape index (κ1) is 12.4. The minimum Gasteiger partial charge on any atom is -0.467 e. The Balaban J connectivity index is 1.76. The molecule has 0 heterocycles. The summed E-state index contributed by atoms with van der Waals surface area (Å²) in [5.41, 5.74) is 0. The number of carbonyl (C=O) groups excluding carboxylic acids is 2. The third-order valence-electron chi connectivity index (χ3n) is 4.26. The zero-order valence-electron chi connectivity index (χ0n) is 10.6. The number of methoxy groups -OCH3 is 1. The lowest BCUT2D eigenvalue weighted by atomic mass is 9.86. The monoisotopic (exact) mass is 239 g/mol. The Bertz CT molecular complexity index is 316. The van der Waals surface area contributed by atoms with Crippen molar-refractivity contribution in [1.82, 2.24) is 5.32 Å². The summed E-state index contributed by atoms with van der Waals surface area (Å²) in [4.78, 5) is 23.0. The van der Waals surface area contributed by atoms with Crippen molar-refractivity contribution in [3.8, 4) is 0 Å². The Morgan fingerprint density at radius 3 is 2.65 bits per heavy atom. The molecule has 4 unspecified atom stereocenters. The lowest BCUT2D eigenvalue weighted by Gasteiger charge is -2.21. The Hall–Kier alpha value is -1.06. The molecule has 96 valence electrons. The summed E-state index contributed by atoms with van der Waals surface area (Å²) in [7, 11) is 1.33. The highest BCUT2D eigenvalue weighted by molar-refractivity contribution is 5.84. The minimum absolute atomic E-state index is 0.0135. The standard InChI is InChI=1S/C13H21NO3/c1-8(13(16)17-2)14-12(15)7-11-6-9-3-4-10(11)5-9/h8-11H,3-7H2,1-2H3,(H,14,15). The average Bonchev–Trinajstić information content (AvgIpc) is 2.89. The highest BCUT2D eigenvalue weighted by Gasteiger charge is 2.40. The Morgan fingerprint density at radius 1 is 1.35 bits per heavy atom. The van der Waals surface area contributed by atoms with E-state index >= 15 is 0 Å². The van der Waals surface area contributed by atoms with Crippen molar-refractivity contribution in [2.45, 2.75) is 45.1 Å². The molecule has 0 aromatic heterocycles. The van der Waals surface area contributed by atoms with Crippen molar-refractivity contribution in [1.29, 1.82) is 0 Å². The molecule has 2 fully saturated rings. The van der Waals surface area contributed by atoms with Crippen LogP contribution in [0.5, 0.6) is 0 Å². The van der Waals surface area contributed by atoms with E-state index in [1.807, 2.05) is 0 Å². The number of ether oxygens (including phenoxy) is 1. The second kappa shape index (κ2) is 5.07. The lowest BCUT2D eigenvalue weighted by molar-refractivity contribution is -0.144. The van der Waals surface area contributed by atoms with E-state index in [-0.39, 0.29) is 11.9 Å². The summed E-state index contributed by atoms with van der Waals surface area (Å²) in [6.45, 7) is 1.66. The fourth-order valence-corrected chi connectivity index (χ4v) is 3.40. The van der Waals surface area contributed by atoms with E-state index in [0.29, 0.717) is 12.3 Å². The molecule has 17 heavy (non-hydrogen) atoms. The van der Waals surface area contributed by atoms with Gasteiger partial charge in [-0.3, -0.25) is 4.79 Å². The van der Waals surface area contributed by atoms with Gasteiger partial charge >= 0.3 is 5.97 Å². The summed E-state index contributed by atoms with van der Waals surface area (Å²) < 4.78 is 4.58. The largest absolute Gasteiger partial charge is 0.467 e. The van der Waals surface area contributed by atoms with Gasteiger partial charge in [0, 0.05) is 6.42 Å². The van der Waals surface area contributed by atoms with Crippen LogP contribution in [0.3, 0.4) is 0 Å². The molecule has 2 rings (SSSR count). The first-order valence-electron chi connectivity index (χ1n) is 6.47. The molecule has 0 saturated heterocycles. The van der Waals surface area contributed by atoms with Gasteiger partial charge in [-0.15, -0.1) is 0 Å². The van der Waals surface area contributed by atoms with Crippen molar-refractivity contribution in [2.24, 2.45) is 17.8 Å². The molecular formula is C13H21NO3. The SMILES string of the molecule is COC(=O)C(C)NC(=O)CC1CC2CCC1C2. The van der Waals surface area contributed by atoms with Crippen LogP contribution in [-0.2, 0) is 14.3 Å². The van der Waals surface area contributed by atoms with Gasteiger partial charge in [0.1, 0.15) is 6.04 Å². The van der Waals surface area contributed by atoms with Gasteiger partial charge in [0.05, 0.1) is 7.11 Å². The Kier molecular flexibility index (Phi) is 3.69. The van der Waals surface area contributed by atoms with Crippen LogP contribution < -0.4 is 5.32 Å². The predicted molar refractivity (Wildman–Crippen MR) is 63.2 cm³/mol. The molecule has 4 nitrogen and oxygen atoms in total. The number of rotatable bonds is 4. The zero-order valence-corrected chi connectivity index (χ0v) is 10.6. The molecule has 2 saturated carbocycles. The third-order valence-corrected chi connectivity index (χ3v) is 4.26. The lowest BCUT2D eigenvalue weighted by Crippen LogP contribution is -2.40. The molecule has 0 aromatic rings.